The van der Waals surface area contributed by atoms with Crippen LogP contribution in [0.1, 0.15) is 23.5 Å². The van der Waals surface area contributed by atoms with Crippen molar-refractivity contribution in [3.05, 3.63) is 101 Å². The Balaban J connectivity index is 1.54. The average Bonchev–Trinajstić information content (AvgIpc) is 2.72. The summed E-state index contributed by atoms with van der Waals surface area (Å²) in [5, 5.41) is 3.61. The molecule has 0 bridgehead atoms. The van der Waals surface area contributed by atoms with Crippen LogP contribution in [0.4, 0.5) is 0 Å². The molecule has 138 valence electrons. The fourth-order valence-corrected chi connectivity index (χ4v) is 3.07. The first-order valence-electron chi connectivity index (χ1n) is 8.97. The predicted molar refractivity (Wildman–Crippen MR) is 109 cm³/mol. The quantitative estimate of drug-likeness (QED) is 0.556. The Hall–Kier alpha value is -2.78. The summed E-state index contributed by atoms with van der Waals surface area (Å²) in [7, 11) is 0. The van der Waals surface area contributed by atoms with Gasteiger partial charge in [0.1, 0.15) is 12.4 Å². The van der Waals surface area contributed by atoms with Crippen LogP contribution in [0.5, 0.6) is 5.75 Å². The van der Waals surface area contributed by atoms with Gasteiger partial charge >= 0.3 is 0 Å². The van der Waals surface area contributed by atoms with Gasteiger partial charge in [-0.3, -0.25) is 4.79 Å². The fourth-order valence-electron chi connectivity index (χ4n) is 2.95. The molecule has 1 N–H and O–H groups in total. The van der Waals surface area contributed by atoms with Crippen molar-refractivity contribution in [2.45, 2.75) is 12.3 Å². The van der Waals surface area contributed by atoms with Gasteiger partial charge in [0.15, 0.2) is 0 Å². The Morgan fingerprint density at radius 1 is 0.852 bits per heavy atom. The molecule has 0 unspecified atom stereocenters. The molecule has 0 atom stereocenters. The number of carbonyl (C=O) groups is 1. The lowest BCUT2D eigenvalue weighted by Crippen LogP contribution is -2.29. The standard InChI is InChI=1S/C23H22ClNO2/c24-20-11-13-21(14-12-20)27-16-15-25-23(26)17-22(18-7-3-1-4-8-18)19-9-5-2-6-10-19/h1-14,22H,15-17H2,(H,25,26). The maximum atomic E-state index is 12.5. The van der Waals surface area contributed by atoms with Crippen LogP contribution < -0.4 is 10.1 Å². The Morgan fingerprint density at radius 3 is 1.96 bits per heavy atom. The topological polar surface area (TPSA) is 38.3 Å². The highest BCUT2D eigenvalue weighted by atomic mass is 35.5. The van der Waals surface area contributed by atoms with E-state index < -0.39 is 0 Å². The second-order valence-corrected chi connectivity index (χ2v) is 6.67. The number of amides is 1. The molecule has 0 aliphatic heterocycles. The van der Waals surface area contributed by atoms with Crippen LogP contribution in [0.2, 0.25) is 5.02 Å². The van der Waals surface area contributed by atoms with Crippen LogP contribution in [0.25, 0.3) is 0 Å². The zero-order valence-electron chi connectivity index (χ0n) is 15.0. The first kappa shape index (κ1) is 19.0. The van der Waals surface area contributed by atoms with Crippen LogP contribution in [0, 0.1) is 0 Å². The van der Waals surface area contributed by atoms with Crippen molar-refractivity contribution in [1.29, 1.82) is 0 Å². The molecule has 0 heterocycles. The number of ether oxygens (including phenoxy) is 1. The van der Waals surface area contributed by atoms with Crippen molar-refractivity contribution in [3.63, 3.8) is 0 Å². The number of hydrogen-bond donors (Lipinski definition) is 1. The highest BCUT2D eigenvalue weighted by Gasteiger charge is 2.17. The molecule has 3 nitrogen and oxygen atoms in total. The van der Waals surface area contributed by atoms with Crippen molar-refractivity contribution in [2.24, 2.45) is 0 Å². The average molecular weight is 380 g/mol. The zero-order valence-corrected chi connectivity index (χ0v) is 15.7. The molecule has 0 fully saturated rings. The maximum absolute atomic E-state index is 12.5. The Morgan fingerprint density at radius 2 is 1.41 bits per heavy atom. The molecule has 0 saturated heterocycles. The molecule has 0 radical (unpaired) electrons. The monoisotopic (exact) mass is 379 g/mol. The molecule has 0 aliphatic carbocycles. The Labute approximate surface area is 164 Å². The second kappa shape index (κ2) is 9.79. The first-order valence-corrected chi connectivity index (χ1v) is 9.35. The number of carbonyl (C=O) groups excluding carboxylic acids is 1. The van der Waals surface area contributed by atoms with Crippen LogP contribution in [0.15, 0.2) is 84.9 Å². The maximum Gasteiger partial charge on any atom is 0.221 e. The van der Waals surface area contributed by atoms with Crippen LogP contribution >= 0.6 is 11.6 Å². The van der Waals surface area contributed by atoms with Crippen LogP contribution in [-0.2, 0) is 4.79 Å². The van der Waals surface area contributed by atoms with E-state index in [9.17, 15) is 4.79 Å². The van der Waals surface area contributed by atoms with Gasteiger partial charge in [-0.25, -0.2) is 0 Å². The Kier molecular flexibility index (Phi) is 6.89. The summed E-state index contributed by atoms with van der Waals surface area (Å²) < 4.78 is 5.61. The van der Waals surface area contributed by atoms with Crippen LogP contribution in [0.3, 0.4) is 0 Å². The van der Waals surface area contributed by atoms with E-state index in [1.54, 1.807) is 12.1 Å². The van der Waals surface area contributed by atoms with Gasteiger partial charge in [-0.1, -0.05) is 72.3 Å². The van der Waals surface area contributed by atoms with Crippen molar-refractivity contribution < 1.29 is 9.53 Å². The molecule has 0 spiro atoms. The third kappa shape index (κ3) is 5.87. The zero-order chi connectivity index (χ0) is 18.9. The lowest BCUT2D eigenvalue weighted by Gasteiger charge is -2.18. The lowest BCUT2D eigenvalue weighted by atomic mass is 9.88. The number of nitrogens with one attached hydrogen (secondary N) is 1. The summed E-state index contributed by atoms with van der Waals surface area (Å²) in [6.07, 6.45) is 0.398. The largest absolute Gasteiger partial charge is 0.492 e. The summed E-state index contributed by atoms with van der Waals surface area (Å²) in [5.74, 6) is 0.775. The number of halogens is 1. The molecular formula is C23H22ClNO2. The normalized spacial score (nSPS) is 10.6. The van der Waals surface area contributed by atoms with Gasteiger partial charge in [-0.05, 0) is 35.4 Å². The van der Waals surface area contributed by atoms with Gasteiger partial charge < -0.3 is 10.1 Å². The summed E-state index contributed by atoms with van der Waals surface area (Å²) in [6.45, 7) is 0.868. The van der Waals surface area contributed by atoms with E-state index in [1.807, 2.05) is 48.5 Å². The summed E-state index contributed by atoms with van der Waals surface area (Å²) in [5.41, 5.74) is 2.27. The predicted octanol–water partition coefficient (Wildman–Crippen LogP) is 5.06. The second-order valence-electron chi connectivity index (χ2n) is 6.23. The molecule has 4 heteroatoms. The van der Waals surface area contributed by atoms with Crippen LogP contribution in [-0.4, -0.2) is 19.1 Å². The number of hydrogen-bond acceptors (Lipinski definition) is 2. The summed E-state index contributed by atoms with van der Waals surface area (Å²) in [6, 6.07) is 27.4. The van der Waals surface area contributed by atoms with E-state index >= 15 is 0 Å². The highest BCUT2D eigenvalue weighted by Crippen LogP contribution is 2.27. The molecule has 3 rings (SSSR count). The van der Waals surface area contributed by atoms with E-state index in [0.29, 0.717) is 24.6 Å². The van der Waals surface area contributed by atoms with Crippen molar-refractivity contribution in [2.75, 3.05) is 13.2 Å². The van der Waals surface area contributed by atoms with Crippen molar-refractivity contribution >= 4 is 17.5 Å². The fraction of sp³-hybridized carbons (Fsp3) is 0.174. The van der Waals surface area contributed by atoms with Gasteiger partial charge in [-0.15, -0.1) is 0 Å². The van der Waals surface area contributed by atoms with E-state index in [2.05, 4.69) is 29.6 Å². The highest BCUT2D eigenvalue weighted by molar-refractivity contribution is 6.30. The van der Waals surface area contributed by atoms with Gasteiger partial charge in [0.25, 0.3) is 0 Å². The van der Waals surface area contributed by atoms with E-state index in [0.717, 1.165) is 16.9 Å². The third-order valence-corrected chi connectivity index (χ3v) is 4.55. The molecule has 0 aromatic heterocycles. The van der Waals surface area contributed by atoms with E-state index in [1.165, 1.54) is 0 Å². The number of rotatable bonds is 8. The van der Waals surface area contributed by atoms with Gasteiger partial charge in [0.05, 0.1) is 6.54 Å². The van der Waals surface area contributed by atoms with Gasteiger partial charge in [-0.2, -0.15) is 0 Å². The molecule has 0 saturated carbocycles. The van der Waals surface area contributed by atoms with Crippen molar-refractivity contribution in [3.8, 4) is 5.75 Å². The lowest BCUT2D eigenvalue weighted by molar-refractivity contribution is -0.121. The molecular weight excluding hydrogens is 358 g/mol. The molecule has 1 amide bonds. The molecule has 0 aliphatic rings. The molecule has 3 aromatic rings. The van der Waals surface area contributed by atoms with E-state index in [4.69, 9.17) is 16.3 Å². The Bertz CT molecular complexity index is 796. The minimum atomic E-state index is 0.00686. The molecule has 3 aromatic carbocycles. The first-order chi connectivity index (χ1) is 13.2. The van der Waals surface area contributed by atoms with Gasteiger partial charge in [0.2, 0.25) is 5.91 Å². The van der Waals surface area contributed by atoms with E-state index in [-0.39, 0.29) is 11.8 Å². The minimum absolute atomic E-state index is 0.00686. The molecule has 27 heavy (non-hydrogen) atoms. The summed E-state index contributed by atoms with van der Waals surface area (Å²) in [4.78, 5) is 12.5. The smallest absolute Gasteiger partial charge is 0.221 e. The summed E-state index contributed by atoms with van der Waals surface area (Å²) >= 11 is 5.85. The third-order valence-electron chi connectivity index (χ3n) is 4.30. The van der Waals surface area contributed by atoms with Gasteiger partial charge in [0, 0.05) is 17.4 Å². The number of benzene rings is 3. The minimum Gasteiger partial charge on any atom is -0.492 e. The van der Waals surface area contributed by atoms with Crippen molar-refractivity contribution in [1.82, 2.24) is 5.32 Å². The SMILES string of the molecule is O=C(CC(c1ccccc1)c1ccccc1)NCCOc1ccc(Cl)cc1.